The summed E-state index contributed by atoms with van der Waals surface area (Å²) < 4.78 is 10.7. The lowest BCUT2D eigenvalue weighted by Crippen LogP contribution is -2.24. The molecule has 0 fully saturated rings. The Morgan fingerprint density at radius 1 is 0.906 bits per heavy atom. The van der Waals surface area contributed by atoms with Crippen LogP contribution in [0.4, 0.5) is 0 Å². The van der Waals surface area contributed by atoms with Gasteiger partial charge in [0.1, 0.15) is 10.9 Å². The van der Waals surface area contributed by atoms with E-state index in [2.05, 4.69) is 17.4 Å². The maximum absolute atomic E-state index is 12.5. The molecule has 4 aromatic rings. The van der Waals surface area contributed by atoms with Gasteiger partial charge in [-0.25, -0.2) is 9.97 Å². The lowest BCUT2D eigenvalue weighted by atomic mass is 10.1. The van der Waals surface area contributed by atoms with E-state index in [0.717, 1.165) is 38.6 Å². The number of hydrogen-bond donors (Lipinski definition) is 1. The van der Waals surface area contributed by atoms with Crippen molar-refractivity contribution in [1.29, 1.82) is 0 Å². The number of fused-ring (bicyclic) bond motifs is 2. The molecule has 3 aromatic carbocycles. The number of nitrogens with zero attached hydrogens (tertiary/aromatic N) is 2. The summed E-state index contributed by atoms with van der Waals surface area (Å²) in [5.74, 6) is 2.41. The van der Waals surface area contributed by atoms with Crippen LogP contribution in [0.5, 0.6) is 11.5 Å². The van der Waals surface area contributed by atoms with Gasteiger partial charge in [0.25, 0.3) is 0 Å². The number of carbonyl (C=O) groups is 1. The van der Waals surface area contributed by atoms with Crippen molar-refractivity contribution in [1.82, 2.24) is 15.3 Å². The van der Waals surface area contributed by atoms with E-state index in [4.69, 9.17) is 19.4 Å². The molecule has 0 spiro atoms. The fourth-order valence-corrected chi connectivity index (χ4v) is 4.37. The number of hydrogen-bond acceptors (Lipinski definition) is 6. The van der Waals surface area contributed by atoms with Crippen LogP contribution in [-0.4, -0.2) is 28.4 Å². The van der Waals surface area contributed by atoms with Crippen molar-refractivity contribution >= 4 is 28.6 Å². The summed E-state index contributed by atoms with van der Waals surface area (Å²) >= 11 is 1.43. The summed E-state index contributed by atoms with van der Waals surface area (Å²) in [4.78, 5) is 22.0. The molecule has 1 aliphatic heterocycles. The highest BCUT2D eigenvalue weighted by molar-refractivity contribution is 8.00. The molecule has 0 unspecified atom stereocenters. The molecular weight excluding hydrogens is 422 g/mol. The summed E-state index contributed by atoms with van der Waals surface area (Å²) in [7, 11) is 0. The van der Waals surface area contributed by atoms with Crippen LogP contribution in [0.2, 0.25) is 0 Å². The summed E-state index contributed by atoms with van der Waals surface area (Å²) in [6.07, 6.45) is 0.648. The summed E-state index contributed by atoms with van der Waals surface area (Å²) in [6.45, 7) is 0.667. The van der Waals surface area contributed by atoms with Gasteiger partial charge >= 0.3 is 0 Å². The highest BCUT2D eigenvalue weighted by Gasteiger charge is 2.14. The molecule has 0 aliphatic carbocycles. The molecule has 6 nitrogen and oxygen atoms in total. The zero-order chi connectivity index (χ0) is 21.8. The second-order valence-corrected chi connectivity index (χ2v) is 8.34. The van der Waals surface area contributed by atoms with E-state index < -0.39 is 0 Å². The van der Waals surface area contributed by atoms with Crippen LogP contribution in [-0.2, 0) is 17.8 Å². The first-order valence-electron chi connectivity index (χ1n) is 10.3. The first-order valence-corrected chi connectivity index (χ1v) is 11.3. The molecule has 1 N–H and O–H groups in total. The van der Waals surface area contributed by atoms with E-state index in [9.17, 15) is 4.79 Å². The number of para-hydroxylation sites is 1. The van der Waals surface area contributed by atoms with Crippen molar-refractivity contribution in [2.75, 3.05) is 12.5 Å². The van der Waals surface area contributed by atoms with Gasteiger partial charge in [0.15, 0.2) is 11.5 Å². The standard InChI is InChI=1S/C25H21N3O3S/c29-24(26-14-18-10-11-21-22(12-18)31-16-30-21)15-32-25-19-8-4-5-9-20(19)27-23(28-25)13-17-6-2-1-3-7-17/h1-12H,13-16H2,(H,26,29). The summed E-state index contributed by atoms with van der Waals surface area (Å²) in [5, 5.41) is 4.74. The Balaban J connectivity index is 1.26. The Bertz CT molecular complexity index is 1260. The van der Waals surface area contributed by atoms with Gasteiger partial charge in [-0.1, -0.05) is 66.4 Å². The molecule has 7 heteroatoms. The number of amides is 1. The molecule has 1 aliphatic rings. The number of carbonyl (C=O) groups excluding carboxylic acids is 1. The molecule has 1 aromatic heterocycles. The molecule has 32 heavy (non-hydrogen) atoms. The van der Waals surface area contributed by atoms with Gasteiger partial charge in [-0.15, -0.1) is 0 Å². The fraction of sp³-hybridized carbons (Fsp3) is 0.160. The lowest BCUT2D eigenvalue weighted by Gasteiger charge is -2.09. The van der Waals surface area contributed by atoms with Gasteiger partial charge in [-0.3, -0.25) is 4.79 Å². The monoisotopic (exact) mass is 443 g/mol. The van der Waals surface area contributed by atoms with Crippen LogP contribution < -0.4 is 14.8 Å². The number of ether oxygens (including phenoxy) is 2. The molecule has 0 saturated carbocycles. The third-order valence-electron chi connectivity index (χ3n) is 5.09. The average molecular weight is 444 g/mol. The molecule has 0 radical (unpaired) electrons. The van der Waals surface area contributed by atoms with Crippen molar-refractivity contribution in [3.63, 3.8) is 0 Å². The predicted octanol–water partition coefficient (Wildman–Crippen LogP) is 4.36. The molecule has 0 saturated heterocycles. The van der Waals surface area contributed by atoms with E-state index in [1.807, 2.05) is 60.7 Å². The van der Waals surface area contributed by atoms with E-state index in [1.165, 1.54) is 11.8 Å². The van der Waals surface area contributed by atoms with E-state index in [-0.39, 0.29) is 18.5 Å². The Kier molecular flexibility index (Phi) is 5.89. The van der Waals surface area contributed by atoms with Gasteiger partial charge in [-0.05, 0) is 29.3 Å². The third kappa shape index (κ3) is 4.68. The topological polar surface area (TPSA) is 73.3 Å². The van der Waals surface area contributed by atoms with E-state index in [1.54, 1.807) is 0 Å². The SMILES string of the molecule is O=C(CSc1nc(Cc2ccccc2)nc2ccccc12)NCc1ccc2c(c1)OCO2. The molecule has 1 amide bonds. The molecular formula is C25H21N3O3S. The summed E-state index contributed by atoms with van der Waals surface area (Å²) in [6, 6.07) is 23.7. The number of benzene rings is 3. The van der Waals surface area contributed by atoms with Crippen molar-refractivity contribution in [3.05, 3.63) is 89.7 Å². The van der Waals surface area contributed by atoms with Crippen LogP contribution in [0.25, 0.3) is 10.9 Å². The second-order valence-electron chi connectivity index (χ2n) is 7.38. The number of nitrogens with one attached hydrogen (secondary N) is 1. The van der Waals surface area contributed by atoms with E-state index in [0.29, 0.717) is 18.7 Å². The average Bonchev–Trinajstić information content (AvgIpc) is 3.30. The number of aromatic nitrogens is 2. The number of rotatable bonds is 7. The second kappa shape index (κ2) is 9.28. The number of thioether (sulfide) groups is 1. The zero-order valence-corrected chi connectivity index (χ0v) is 18.1. The molecule has 0 bridgehead atoms. The largest absolute Gasteiger partial charge is 0.454 e. The van der Waals surface area contributed by atoms with Crippen LogP contribution in [0, 0.1) is 0 Å². The minimum absolute atomic E-state index is 0.0556. The first-order chi connectivity index (χ1) is 15.7. The Morgan fingerprint density at radius 3 is 2.62 bits per heavy atom. The Morgan fingerprint density at radius 2 is 1.72 bits per heavy atom. The van der Waals surface area contributed by atoms with Gasteiger partial charge in [0.2, 0.25) is 12.7 Å². The van der Waals surface area contributed by atoms with Gasteiger partial charge in [0.05, 0.1) is 11.3 Å². The third-order valence-corrected chi connectivity index (χ3v) is 6.08. The lowest BCUT2D eigenvalue weighted by molar-refractivity contribution is -0.118. The normalized spacial score (nSPS) is 12.1. The Labute approximate surface area is 190 Å². The van der Waals surface area contributed by atoms with Gasteiger partial charge in [0, 0.05) is 18.4 Å². The van der Waals surface area contributed by atoms with Crippen molar-refractivity contribution in [3.8, 4) is 11.5 Å². The highest BCUT2D eigenvalue weighted by atomic mass is 32.2. The maximum Gasteiger partial charge on any atom is 0.231 e. The Hall–Kier alpha value is -3.58. The smallest absolute Gasteiger partial charge is 0.231 e. The maximum atomic E-state index is 12.5. The zero-order valence-electron chi connectivity index (χ0n) is 17.3. The van der Waals surface area contributed by atoms with Crippen LogP contribution in [0.1, 0.15) is 17.0 Å². The van der Waals surface area contributed by atoms with Crippen LogP contribution in [0.3, 0.4) is 0 Å². The summed E-state index contributed by atoms with van der Waals surface area (Å²) in [5.41, 5.74) is 3.00. The molecule has 160 valence electrons. The predicted molar refractivity (Wildman–Crippen MR) is 124 cm³/mol. The van der Waals surface area contributed by atoms with Crippen molar-refractivity contribution in [2.45, 2.75) is 18.0 Å². The fourth-order valence-electron chi connectivity index (χ4n) is 3.50. The minimum atomic E-state index is -0.0556. The molecule has 0 atom stereocenters. The van der Waals surface area contributed by atoms with Crippen molar-refractivity contribution in [2.24, 2.45) is 0 Å². The molecule has 5 rings (SSSR count). The minimum Gasteiger partial charge on any atom is -0.454 e. The van der Waals surface area contributed by atoms with Gasteiger partial charge < -0.3 is 14.8 Å². The first kappa shape index (κ1) is 20.3. The highest BCUT2D eigenvalue weighted by Crippen LogP contribution is 2.32. The van der Waals surface area contributed by atoms with Gasteiger partial charge in [-0.2, -0.15) is 0 Å². The van der Waals surface area contributed by atoms with Crippen LogP contribution >= 0.6 is 11.8 Å². The van der Waals surface area contributed by atoms with Crippen LogP contribution in [0.15, 0.2) is 77.8 Å². The van der Waals surface area contributed by atoms with E-state index >= 15 is 0 Å². The quantitative estimate of drug-likeness (QED) is 0.338. The van der Waals surface area contributed by atoms with Crippen molar-refractivity contribution < 1.29 is 14.3 Å². The molecule has 2 heterocycles.